The molecule has 1 amide bonds. The van der Waals surface area contributed by atoms with Crippen LogP contribution < -0.4 is 10.7 Å². The summed E-state index contributed by atoms with van der Waals surface area (Å²) >= 11 is 0. The van der Waals surface area contributed by atoms with Gasteiger partial charge in [-0.05, 0) is 37.8 Å². The summed E-state index contributed by atoms with van der Waals surface area (Å²) in [4.78, 5) is 35.9. The van der Waals surface area contributed by atoms with Gasteiger partial charge in [-0.2, -0.15) is 18.3 Å². The van der Waals surface area contributed by atoms with E-state index in [4.69, 9.17) is 0 Å². The number of hydrogen-bond donors (Lipinski definition) is 2. The number of rotatable bonds is 5. The molecule has 0 aliphatic heterocycles. The first-order valence-corrected chi connectivity index (χ1v) is 8.41. The maximum atomic E-state index is 13.3. The molecule has 1 aromatic carbocycles. The minimum absolute atomic E-state index is 0.0928. The number of para-hydroxylation sites is 1. The predicted octanol–water partition coefficient (Wildman–Crippen LogP) is 2.15. The summed E-state index contributed by atoms with van der Waals surface area (Å²) in [5.41, 5.74) is -2.72. The zero-order chi connectivity index (χ0) is 20.6. The molecule has 0 saturated heterocycles. The molecule has 0 radical (unpaired) electrons. The lowest BCUT2D eigenvalue weighted by Crippen LogP contribution is -2.44. The maximum absolute atomic E-state index is 13.3. The van der Waals surface area contributed by atoms with Crippen molar-refractivity contribution in [3.63, 3.8) is 0 Å². The molecule has 1 aliphatic carbocycles. The molecule has 1 fully saturated rings. The fourth-order valence-corrected chi connectivity index (χ4v) is 2.87. The third kappa shape index (κ3) is 3.90. The van der Waals surface area contributed by atoms with Gasteiger partial charge in [0.05, 0.1) is 11.3 Å². The van der Waals surface area contributed by atoms with Gasteiger partial charge >= 0.3 is 12.1 Å². The second kappa shape index (κ2) is 7.10. The van der Waals surface area contributed by atoms with Crippen molar-refractivity contribution in [2.45, 2.75) is 32.0 Å². The van der Waals surface area contributed by atoms with E-state index in [2.05, 4.69) is 10.4 Å². The number of carbonyl (C=O) groups excluding carboxylic acids is 1. The molecule has 7 nitrogen and oxygen atoms in total. The smallest absolute Gasteiger partial charge is 0.418 e. The lowest BCUT2D eigenvalue weighted by atomic mass is 10.1. The minimum Gasteiger partial charge on any atom is -0.480 e. The van der Waals surface area contributed by atoms with Crippen LogP contribution >= 0.6 is 0 Å². The molecule has 0 bridgehead atoms. The van der Waals surface area contributed by atoms with E-state index in [1.54, 1.807) is 0 Å². The van der Waals surface area contributed by atoms with Crippen LogP contribution in [0.3, 0.4) is 0 Å². The van der Waals surface area contributed by atoms with Gasteiger partial charge in [-0.1, -0.05) is 12.1 Å². The van der Waals surface area contributed by atoms with Crippen molar-refractivity contribution in [2.24, 2.45) is 5.92 Å². The molecule has 148 valence electrons. The van der Waals surface area contributed by atoms with Gasteiger partial charge in [0, 0.05) is 11.8 Å². The maximum Gasteiger partial charge on any atom is 0.418 e. The average molecular weight is 395 g/mol. The first kappa shape index (κ1) is 19.6. The zero-order valence-corrected chi connectivity index (χ0v) is 14.7. The number of nitrogens with zero attached hydrogens (tertiary/aromatic N) is 2. The van der Waals surface area contributed by atoms with Crippen molar-refractivity contribution in [3.05, 3.63) is 57.5 Å². The monoisotopic (exact) mass is 395 g/mol. The molecule has 1 unspecified atom stereocenters. The molecule has 2 aromatic rings. The Balaban J connectivity index is 2.04. The van der Waals surface area contributed by atoms with Gasteiger partial charge in [-0.3, -0.25) is 9.59 Å². The minimum atomic E-state index is -4.67. The van der Waals surface area contributed by atoms with Crippen LogP contribution in [0.5, 0.6) is 0 Å². The van der Waals surface area contributed by atoms with E-state index < -0.39 is 40.8 Å². The van der Waals surface area contributed by atoms with E-state index >= 15 is 0 Å². The highest BCUT2D eigenvalue weighted by Crippen LogP contribution is 2.34. The Morgan fingerprint density at radius 1 is 1.29 bits per heavy atom. The number of alkyl halides is 3. The molecule has 0 spiro atoms. The van der Waals surface area contributed by atoms with Gasteiger partial charge in [-0.15, -0.1) is 0 Å². The fourth-order valence-electron chi connectivity index (χ4n) is 2.87. The van der Waals surface area contributed by atoms with Gasteiger partial charge in [0.15, 0.2) is 5.69 Å². The van der Waals surface area contributed by atoms with E-state index in [1.165, 1.54) is 25.1 Å². The highest BCUT2D eigenvalue weighted by Gasteiger charge is 2.38. The van der Waals surface area contributed by atoms with Crippen LogP contribution in [0.1, 0.15) is 34.6 Å². The van der Waals surface area contributed by atoms with Gasteiger partial charge in [0.25, 0.3) is 5.91 Å². The zero-order valence-electron chi connectivity index (χ0n) is 14.7. The number of nitrogens with one attached hydrogen (secondary N) is 1. The molecular weight excluding hydrogens is 379 g/mol. The average Bonchev–Trinajstić information content (AvgIpc) is 3.43. The topological polar surface area (TPSA) is 101 Å². The van der Waals surface area contributed by atoms with E-state index in [9.17, 15) is 32.7 Å². The summed E-state index contributed by atoms with van der Waals surface area (Å²) in [6.45, 7) is 1.38. The summed E-state index contributed by atoms with van der Waals surface area (Å²) in [6.07, 6.45) is -3.42. The van der Waals surface area contributed by atoms with E-state index in [0.717, 1.165) is 16.8 Å². The highest BCUT2D eigenvalue weighted by atomic mass is 19.4. The first-order chi connectivity index (χ1) is 13.1. The second-order valence-corrected chi connectivity index (χ2v) is 6.55. The third-order valence-corrected chi connectivity index (χ3v) is 4.41. The number of hydrogen-bond acceptors (Lipinski definition) is 4. The molecule has 1 aliphatic rings. The largest absolute Gasteiger partial charge is 0.480 e. The van der Waals surface area contributed by atoms with E-state index in [-0.39, 0.29) is 17.3 Å². The third-order valence-electron chi connectivity index (χ3n) is 4.41. The number of aliphatic carboxylic acids is 1. The van der Waals surface area contributed by atoms with Crippen LogP contribution in [0.2, 0.25) is 0 Å². The Morgan fingerprint density at radius 3 is 2.50 bits per heavy atom. The molecule has 10 heteroatoms. The van der Waals surface area contributed by atoms with Crippen molar-refractivity contribution >= 4 is 11.9 Å². The molecule has 2 N–H and O–H groups in total. The Hall–Kier alpha value is -3.17. The molecule has 3 rings (SSSR count). The molecule has 1 saturated carbocycles. The summed E-state index contributed by atoms with van der Waals surface area (Å²) in [7, 11) is 0. The number of aryl methyl sites for hydroxylation is 1. The van der Waals surface area contributed by atoms with Crippen molar-refractivity contribution in [3.8, 4) is 5.69 Å². The lowest BCUT2D eigenvalue weighted by molar-refractivity contribution is -0.140. The first-order valence-electron chi connectivity index (χ1n) is 8.41. The Morgan fingerprint density at radius 2 is 1.93 bits per heavy atom. The summed E-state index contributed by atoms with van der Waals surface area (Å²) in [5.74, 6) is -2.52. The normalized spacial score (nSPS) is 15.1. The van der Waals surface area contributed by atoms with Crippen molar-refractivity contribution < 1.29 is 27.9 Å². The summed E-state index contributed by atoms with van der Waals surface area (Å²) in [6, 6.07) is 4.43. The van der Waals surface area contributed by atoms with E-state index in [1.807, 2.05) is 0 Å². The Kier molecular flexibility index (Phi) is 4.97. The van der Waals surface area contributed by atoms with Crippen molar-refractivity contribution in [2.75, 3.05) is 0 Å². The lowest BCUT2D eigenvalue weighted by Gasteiger charge is -2.17. The van der Waals surface area contributed by atoms with Gasteiger partial charge in [0.1, 0.15) is 6.04 Å². The van der Waals surface area contributed by atoms with Gasteiger partial charge in [-0.25, -0.2) is 9.48 Å². The van der Waals surface area contributed by atoms with Crippen LogP contribution in [0.15, 0.2) is 35.1 Å². The number of benzene rings is 1. The molecule has 1 atom stereocenters. The van der Waals surface area contributed by atoms with Crippen molar-refractivity contribution in [1.82, 2.24) is 15.1 Å². The van der Waals surface area contributed by atoms with Gasteiger partial charge < -0.3 is 10.4 Å². The number of carboxylic acid groups (broad SMARTS) is 1. The van der Waals surface area contributed by atoms with E-state index in [0.29, 0.717) is 12.8 Å². The number of halogens is 3. The van der Waals surface area contributed by atoms with Crippen LogP contribution in [0, 0.1) is 12.8 Å². The number of carbonyl (C=O) groups is 2. The van der Waals surface area contributed by atoms with Crippen LogP contribution in [-0.2, 0) is 11.0 Å². The van der Waals surface area contributed by atoms with Crippen LogP contribution in [0.4, 0.5) is 13.2 Å². The summed E-state index contributed by atoms with van der Waals surface area (Å²) < 4.78 is 40.8. The Labute approximate surface area is 156 Å². The Bertz CT molecular complexity index is 996. The number of amides is 1. The van der Waals surface area contributed by atoms with Crippen molar-refractivity contribution in [1.29, 1.82) is 0 Å². The molecule has 1 heterocycles. The summed E-state index contributed by atoms with van der Waals surface area (Å²) in [5, 5.41) is 15.3. The second-order valence-electron chi connectivity index (χ2n) is 6.55. The SMILES string of the molecule is Cc1cc(=O)c(C(=O)NC(C(=O)O)C2CC2)nn1-c1ccccc1C(F)(F)F. The van der Waals surface area contributed by atoms with Crippen LogP contribution in [-0.4, -0.2) is 32.8 Å². The standard InChI is InChI=1S/C18H16F3N3O4/c1-9-8-13(25)15(16(26)22-14(17(27)28)10-6-7-10)23-24(9)12-5-3-2-4-11(12)18(19,20)21/h2-5,8,10,14H,6-7H2,1H3,(H,22,26)(H,27,28). The molecular formula is C18H16F3N3O4. The molecule has 1 aromatic heterocycles. The number of aromatic nitrogens is 2. The number of carboxylic acids is 1. The fraction of sp³-hybridized carbons (Fsp3) is 0.333. The highest BCUT2D eigenvalue weighted by molar-refractivity contribution is 5.95. The van der Waals surface area contributed by atoms with Gasteiger partial charge in [0.2, 0.25) is 5.43 Å². The quantitative estimate of drug-likeness (QED) is 0.808. The predicted molar refractivity (Wildman–Crippen MR) is 91.2 cm³/mol. The van der Waals surface area contributed by atoms with Crippen LogP contribution in [0.25, 0.3) is 5.69 Å². The molecule has 28 heavy (non-hydrogen) atoms.